The number of sulfonamides is 1. The Kier molecular flexibility index (Phi) is 10.1. The van der Waals surface area contributed by atoms with Crippen molar-refractivity contribution in [1.29, 1.82) is 0 Å². The molecule has 0 aliphatic heterocycles. The van der Waals surface area contributed by atoms with Crippen molar-refractivity contribution >= 4 is 27.5 Å². The van der Waals surface area contributed by atoms with Crippen LogP contribution in [0.4, 0.5) is 10.1 Å². The van der Waals surface area contributed by atoms with Crippen LogP contribution in [-0.2, 0) is 26.2 Å². The lowest BCUT2D eigenvalue weighted by molar-refractivity contribution is -0.139. The molecule has 10 heteroatoms. The van der Waals surface area contributed by atoms with Crippen molar-refractivity contribution in [3.05, 3.63) is 90.2 Å². The van der Waals surface area contributed by atoms with Gasteiger partial charge in [-0.25, -0.2) is 12.8 Å². The number of halogens is 1. The van der Waals surface area contributed by atoms with Gasteiger partial charge in [0.2, 0.25) is 11.8 Å². The van der Waals surface area contributed by atoms with Gasteiger partial charge in [0.25, 0.3) is 10.0 Å². The van der Waals surface area contributed by atoms with Crippen molar-refractivity contribution < 1.29 is 27.1 Å². The number of nitrogens with one attached hydrogen (secondary N) is 1. The van der Waals surface area contributed by atoms with Crippen molar-refractivity contribution in [3.63, 3.8) is 0 Å². The zero-order valence-electron chi connectivity index (χ0n) is 22.5. The summed E-state index contributed by atoms with van der Waals surface area (Å²) in [6.45, 7) is 4.64. The molecule has 0 fully saturated rings. The molecule has 0 heterocycles. The van der Waals surface area contributed by atoms with Crippen molar-refractivity contribution in [1.82, 2.24) is 10.2 Å². The zero-order valence-corrected chi connectivity index (χ0v) is 23.3. The van der Waals surface area contributed by atoms with Crippen LogP contribution in [0.25, 0.3) is 0 Å². The third-order valence-corrected chi connectivity index (χ3v) is 8.16. The average Bonchev–Trinajstić information content (AvgIpc) is 2.95. The quantitative estimate of drug-likeness (QED) is 0.358. The minimum absolute atomic E-state index is 0.00161. The number of hydrogen-bond acceptors (Lipinski definition) is 5. The van der Waals surface area contributed by atoms with Crippen LogP contribution < -0.4 is 14.4 Å². The van der Waals surface area contributed by atoms with Crippen molar-refractivity contribution in [2.75, 3.05) is 18.0 Å². The van der Waals surface area contributed by atoms with Gasteiger partial charge < -0.3 is 15.0 Å². The predicted octanol–water partition coefficient (Wildman–Crippen LogP) is 4.36. The molecule has 2 unspecified atom stereocenters. The van der Waals surface area contributed by atoms with E-state index in [1.807, 2.05) is 13.8 Å². The maximum Gasteiger partial charge on any atom is 0.264 e. The van der Waals surface area contributed by atoms with Crippen LogP contribution in [0.5, 0.6) is 5.75 Å². The third kappa shape index (κ3) is 7.35. The Labute approximate surface area is 229 Å². The third-order valence-electron chi connectivity index (χ3n) is 6.39. The van der Waals surface area contributed by atoms with Crippen molar-refractivity contribution in [2.24, 2.45) is 0 Å². The van der Waals surface area contributed by atoms with E-state index >= 15 is 0 Å². The topological polar surface area (TPSA) is 96.0 Å². The SMILES string of the molecule is CCC(C)NC(=O)C(C)N(Cc1cccc(OC)c1)C(=O)CN(c1ccccc1F)S(=O)(=O)c1ccccc1. The Balaban J connectivity index is 2.03. The first kappa shape index (κ1) is 29.6. The average molecular weight is 556 g/mol. The number of carbonyl (C=O) groups is 2. The van der Waals surface area contributed by atoms with Crippen molar-refractivity contribution in [2.45, 2.75) is 50.7 Å². The van der Waals surface area contributed by atoms with E-state index in [0.29, 0.717) is 17.7 Å². The summed E-state index contributed by atoms with van der Waals surface area (Å²) in [4.78, 5) is 28.1. The minimum atomic E-state index is -4.33. The fourth-order valence-corrected chi connectivity index (χ4v) is 5.35. The first-order chi connectivity index (χ1) is 18.6. The van der Waals surface area contributed by atoms with Crippen LogP contribution in [0.15, 0.2) is 83.8 Å². The van der Waals surface area contributed by atoms with Gasteiger partial charge in [0.15, 0.2) is 0 Å². The van der Waals surface area contributed by atoms with Crippen LogP contribution >= 0.6 is 0 Å². The summed E-state index contributed by atoms with van der Waals surface area (Å²) in [6.07, 6.45) is 0.693. The van der Waals surface area contributed by atoms with E-state index in [1.165, 1.54) is 42.3 Å². The maximum atomic E-state index is 14.9. The number of methoxy groups -OCH3 is 1. The molecule has 3 aromatic carbocycles. The number of anilines is 1. The largest absolute Gasteiger partial charge is 0.497 e. The summed E-state index contributed by atoms with van der Waals surface area (Å²) < 4.78 is 48.3. The monoisotopic (exact) mass is 555 g/mol. The van der Waals surface area contributed by atoms with E-state index in [9.17, 15) is 22.4 Å². The van der Waals surface area contributed by atoms with Gasteiger partial charge in [-0.3, -0.25) is 13.9 Å². The zero-order chi connectivity index (χ0) is 28.6. The molecule has 0 aliphatic rings. The fourth-order valence-electron chi connectivity index (χ4n) is 3.90. The Morgan fingerprint density at radius 3 is 2.28 bits per heavy atom. The molecule has 0 bridgehead atoms. The molecule has 1 N–H and O–H groups in total. The van der Waals surface area contributed by atoms with Crippen LogP contribution in [0.1, 0.15) is 32.8 Å². The van der Waals surface area contributed by atoms with E-state index in [2.05, 4.69) is 5.32 Å². The number of hydrogen-bond donors (Lipinski definition) is 1. The van der Waals surface area contributed by atoms with Crippen molar-refractivity contribution in [3.8, 4) is 5.75 Å². The molecule has 208 valence electrons. The minimum Gasteiger partial charge on any atom is -0.497 e. The Hall–Kier alpha value is -3.92. The van der Waals surface area contributed by atoms with E-state index in [1.54, 1.807) is 49.4 Å². The van der Waals surface area contributed by atoms with Gasteiger partial charge in [-0.1, -0.05) is 49.4 Å². The van der Waals surface area contributed by atoms with Gasteiger partial charge in [0.05, 0.1) is 17.7 Å². The fraction of sp³-hybridized carbons (Fsp3) is 0.310. The second-order valence-corrected chi connectivity index (χ2v) is 11.0. The Morgan fingerprint density at radius 1 is 0.974 bits per heavy atom. The summed E-state index contributed by atoms with van der Waals surface area (Å²) in [5, 5.41) is 2.87. The second-order valence-electron chi connectivity index (χ2n) is 9.14. The van der Waals surface area contributed by atoms with Gasteiger partial charge in [-0.05, 0) is 62.2 Å². The molecule has 39 heavy (non-hydrogen) atoms. The number of para-hydroxylation sites is 1. The number of amides is 2. The molecule has 2 atom stereocenters. The van der Waals surface area contributed by atoms with E-state index in [0.717, 1.165) is 10.4 Å². The molecule has 0 spiro atoms. The Morgan fingerprint density at radius 2 is 1.64 bits per heavy atom. The Bertz CT molecular complexity index is 1380. The number of nitrogens with zero attached hydrogens (tertiary/aromatic N) is 2. The van der Waals surface area contributed by atoms with Crippen LogP contribution in [0, 0.1) is 5.82 Å². The predicted molar refractivity (Wildman–Crippen MR) is 148 cm³/mol. The first-order valence-electron chi connectivity index (χ1n) is 12.6. The highest BCUT2D eigenvalue weighted by atomic mass is 32.2. The summed E-state index contributed by atoms with van der Waals surface area (Å²) >= 11 is 0. The van der Waals surface area contributed by atoms with Crippen LogP contribution in [0.3, 0.4) is 0 Å². The molecule has 3 aromatic rings. The second kappa shape index (κ2) is 13.2. The lowest BCUT2D eigenvalue weighted by atomic mass is 10.1. The molecule has 2 amide bonds. The number of benzene rings is 3. The number of rotatable bonds is 12. The summed E-state index contributed by atoms with van der Waals surface area (Å²) in [5.41, 5.74) is 0.405. The van der Waals surface area contributed by atoms with Crippen LogP contribution in [-0.4, -0.2) is 50.9 Å². The lowest BCUT2D eigenvalue weighted by Gasteiger charge is -2.32. The molecule has 0 saturated carbocycles. The number of carbonyl (C=O) groups excluding carboxylic acids is 2. The van der Waals surface area contributed by atoms with Gasteiger partial charge in [0.1, 0.15) is 24.2 Å². The lowest BCUT2D eigenvalue weighted by Crippen LogP contribution is -2.52. The van der Waals surface area contributed by atoms with Gasteiger partial charge in [-0.15, -0.1) is 0 Å². The van der Waals surface area contributed by atoms with Gasteiger partial charge in [-0.2, -0.15) is 0 Å². The smallest absolute Gasteiger partial charge is 0.264 e. The van der Waals surface area contributed by atoms with E-state index < -0.39 is 34.3 Å². The molecular formula is C29H34FN3O5S. The van der Waals surface area contributed by atoms with Gasteiger partial charge >= 0.3 is 0 Å². The summed E-state index contributed by atoms with van der Waals surface area (Å²) in [5.74, 6) is -1.29. The molecule has 3 rings (SSSR count). The highest BCUT2D eigenvalue weighted by molar-refractivity contribution is 7.92. The molecule has 0 aromatic heterocycles. The number of ether oxygens (including phenoxy) is 1. The normalized spacial score (nSPS) is 12.7. The van der Waals surface area contributed by atoms with E-state index in [4.69, 9.17) is 4.74 Å². The van der Waals surface area contributed by atoms with Crippen LogP contribution in [0.2, 0.25) is 0 Å². The highest BCUT2D eigenvalue weighted by Gasteiger charge is 2.33. The summed E-state index contributed by atoms with van der Waals surface area (Å²) in [7, 11) is -2.81. The van der Waals surface area contributed by atoms with Gasteiger partial charge in [0, 0.05) is 12.6 Å². The molecule has 8 nitrogen and oxygen atoms in total. The highest BCUT2D eigenvalue weighted by Crippen LogP contribution is 2.27. The molecule has 0 radical (unpaired) electrons. The molecular weight excluding hydrogens is 521 g/mol. The van der Waals surface area contributed by atoms with E-state index in [-0.39, 0.29) is 29.1 Å². The summed E-state index contributed by atoms with van der Waals surface area (Å²) in [6, 6.07) is 18.8. The maximum absolute atomic E-state index is 14.9. The first-order valence-corrected chi connectivity index (χ1v) is 14.1. The molecule has 0 saturated heterocycles. The molecule has 0 aliphatic carbocycles. The standard InChI is InChI=1S/C29H34FN3O5S/c1-5-21(2)31-29(35)22(3)32(19-23-12-11-13-24(18-23)38-4)28(34)20-33(27-17-10-9-16-26(27)30)39(36,37)25-14-7-6-8-15-25/h6-18,21-22H,5,19-20H2,1-4H3,(H,31,35).